The number of hydrogen-bond donors (Lipinski definition) is 2. The van der Waals surface area contributed by atoms with Crippen LogP contribution in [0, 0.1) is 21.7 Å². The Morgan fingerprint density at radius 2 is 1.76 bits per heavy atom. The molecule has 1 amide bonds. The molecular weight excluding hydrogens is 284 g/mol. The highest BCUT2D eigenvalue weighted by Gasteiger charge is 2.18. The maximum atomic E-state index is 13.1. The van der Waals surface area contributed by atoms with Crippen molar-refractivity contribution in [2.75, 3.05) is 11.1 Å². The predicted octanol–water partition coefficient (Wildman–Crippen LogP) is 2.71. The van der Waals surface area contributed by atoms with E-state index in [9.17, 15) is 23.7 Å². The first-order valence-electron chi connectivity index (χ1n) is 5.69. The Bertz CT molecular complexity index is 735. The third-order valence-electron chi connectivity index (χ3n) is 2.66. The summed E-state index contributed by atoms with van der Waals surface area (Å²) in [6.45, 7) is 0. The molecule has 0 aliphatic carbocycles. The van der Waals surface area contributed by atoms with Gasteiger partial charge in [0.2, 0.25) is 0 Å². The fourth-order valence-electron chi connectivity index (χ4n) is 1.70. The Balaban J connectivity index is 2.35. The van der Waals surface area contributed by atoms with Gasteiger partial charge in [-0.15, -0.1) is 0 Å². The smallest absolute Gasteiger partial charge is 0.292 e. The van der Waals surface area contributed by atoms with E-state index in [1.165, 1.54) is 0 Å². The number of nitro groups is 1. The first-order chi connectivity index (χ1) is 9.88. The fourth-order valence-corrected chi connectivity index (χ4v) is 1.70. The van der Waals surface area contributed by atoms with E-state index < -0.39 is 28.2 Å². The number of nitrogen functional groups attached to an aromatic ring is 1. The SMILES string of the molecule is Nc1cc(F)ccc1C(=O)Nc1cc(F)ccc1[N+](=O)[O-]. The topological polar surface area (TPSA) is 98.3 Å². The van der Waals surface area contributed by atoms with Crippen LogP contribution in [0.3, 0.4) is 0 Å². The summed E-state index contributed by atoms with van der Waals surface area (Å²) in [5.74, 6) is -2.18. The number of benzene rings is 2. The van der Waals surface area contributed by atoms with Crippen LogP contribution >= 0.6 is 0 Å². The highest BCUT2D eigenvalue weighted by Crippen LogP contribution is 2.26. The van der Waals surface area contributed by atoms with Gasteiger partial charge in [0.1, 0.15) is 17.3 Å². The molecule has 0 bridgehead atoms. The summed E-state index contributed by atoms with van der Waals surface area (Å²) in [5.41, 5.74) is 4.51. The molecule has 0 radical (unpaired) electrons. The van der Waals surface area contributed by atoms with E-state index in [0.29, 0.717) is 0 Å². The number of nitrogens with two attached hydrogens (primary N) is 1. The molecule has 0 unspecified atom stereocenters. The second-order valence-corrected chi connectivity index (χ2v) is 4.10. The monoisotopic (exact) mass is 293 g/mol. The molecular formula is C13H9F2N3O3. The molecule has 2 aromatic rings. The van der Waals surface area contributed by atoms with Gasteiger partial charge in [-0.05, 0) is 24.3 Å². The summed E-state index contributed by atoms with van der Waals surface area (Å²) in [5, 5.41) is 13.0. The van der Waals surface area contributed by atoms with Crippen LogP contribution in [0.15, 0.2) is 36.4 Å². The molecule has 0 aliphatic heterocycles. The van der Waals surface area contributed by atoms with Gasteiger partial charge in [-0.1, -0.05) is 0 Å². The molecule has 0 heterocycles. The van der Waals surface area contributed by atoms with Crippen LogP contribution in [0.1, 0.15) is 10.4 Å². The van der Waals surface area contributed by atoms with Crippen molar-refractivity contribution < 1.29 is 18.5 Å². The lowest BCUT2D eigenvalue weighted by atomic mass is 10.1. The normalized spacial score (nSPS) is 10.2. The lowest BCUT2D eigenvalue weighted by molar-refractivity contribution is -0.384. The first-order valence-corrected chi connectivity index (χ1v) is 5.69. The van der Waals surface area contributed by atoms with Crippen LogP contribution < -0.4 is 11.1 Å². The molecule has 0 fully saturated rings. The van der Waals surface area contributed by atoms with Gasteiger partial charge in [0.05, 0.1) is 10.5 Å². The maximum absolute atomic E-state index is 13.1. The van der Waals surface area contributed by atoms with E-state index in [4.69, 9.17) is 5.73 Å². The molecule has 0 spiro atoms. The maximum Gasteiger partial charge on any atom is 0.292 e. The number of hydrogen-bond acceptors (Lipinski definition) is 4. The van der Waals surface area contributed by atoms with Crippen LogP contribution in [0.5, 0.6) is 0 Å². The van der Waals surface area contributed by atoms with Crippen molar-refractivity contribution in [2.24, 2.45) is 0 Å². The number of rotatable bonds is 3. The molecule has 0 saturated carbocycles. The second-order valence-electron chi connectivity index (χ2n) is 4.10. The first kappa shape index (κ1) is 14.4. The van der Waals surface area contributed by atoms with Gasteiger partial charge in [0.25, 0.3) is 11.6 Å². The Morgan fingerprint density at radius 3 is 2.38 bits per heavy atom. The quantitative estimate of drug-likeness (QED) is 0.516. The van der Waals surface area contributed by atoms with Crippen LogP contribution in [0.2, 0.25) is 0 Å². The van der Waals surface area contributed by atoms with Gasteiger partial charge in [-0.2, -0.15) is 0 Å². The average molecular weight is 293 g/mol. The van der Waals surface area contributed by atoms with E-state index in [2.05, 4.69) is 5.32 Å². The van der Waals surface area contributed by atoms with Gasteiger partial charge in [0, 0.05) is 17.8 Å². The summed E-state index contributed by atoms with van der Waals surface area (Å²) in [6.07, 6.45) is 0. The Labute approximate surface area is 117 Å². The molecule has 21 heavy (non-hydrogen) atoms. The zero-order valence-corrected chi connectivity index (χ0v) is 10.5. The van der Waals surface area contributed by atoms with Crippen LogP contribution in [0.25, 0.3) is 0 Å². The number of halogens is 2. The predicted molar refractivity (Wildman–Crippen MR) is 71.8 cm³/mol. The number of nitrogens with zero attached hydrogens (tertiary/aromatic N) is 1. The second kappa shape index (κ2) is 5.53. The minimum atomic E-state index is -0.804. The summed E-state index contributed by atoms with van der Waals surface area (Å²) < 4.78 is 26.1. The number of carbonyl (C=O) groups is 1. The van der Waals surface area contributed by atoms with E-state index in [1.807, 2.05) is 0 Å². The van der Waals surface area contributed by atoms with Crippen molar-refractivity contribution >= 4 is 23.0 Å². The Morgan fingerprint density at radius 1 is 1.14 bits per heavy atom. The lowest BCUT2D eigenvalue weighted by Gasteiger charge is -2.08. The Hall–Kier alpha value is -3.03. The number of nitro benzene ring substituents is 1. The van der Waals surface area contributed by atoms with E-state index >= 15 is 0 Å². The Kier molecular flexibility index (Phi) is 3.79. The van der Waals surface area contributed by atoms with Gasteiger partial charge in [-0.3, -0.25) is 14.9 Å². The third kappa shape index (κ3) is 3.11. The summed E-state index contributed by atoms with van der Waals surface area (Å²) >= 11 is 0. The zero-order chi connectivity index (χ0) is 15.6. The highest BCUT2D eigenvalue weighted by molar-refractivity contribution is 6.08. The van der Waals surface area contributed by atoms with Crippen LogP contribution in [-0.2, 0) is 0 Å². The van der Waals surface area contributed by atoms with Crippen molar-refractivity contribution in [1.29, 1.82) is 0 Å². The van der Waals surface area contributed by atoms with Crippen molar-refractivity contribution in [3.05, 3.63) is 63.7 Å². The minimum absolute atomic E-state index is 0.0741. The average Bonchev–Trinajstić information content (AvgIpc) is 2.37. The highest BCUT2D eigenvalue weighted by atomic mass is 19.1. The molecule has 0 aromatic heterocycles. The van der Waals surface area contributed by atoms with Gasteiger partial charge < -0.3 is 11.1 Å². The van der Waals surface area contributed by atoms with E-state index in [-0.39, 0.29) is 16.9 Å². The molecule has 3 N–H and O–H groups in total. The number of anilines is 2. The zero-order valence-electron chi connectivity index (χ0n) is 10.5. The molecule has 0 atom stereocenters. The molecule has 2 aromatic carbocycles. The lowest BCUT2D eigenvalue weighted by Crippen LogP contribution is -2.15. The number of carbonyl (C=O) groups excluding carboxylic acids is 1. The molecule has 0 saturated heterocycles. The summed E-state index contributed by atoms with van der Waals surface area (Å²) in [4.78, 5) is 22.0. The van der Waals surface area contributed by atoms with Crippen molar-refractivity contribution in [3.8, 4) is 0 Å². The van der Waals surface area contributed by atoms with E-state index in [0.717, 1.165) is 36.4 Å². The van der Waals surface area contributed by atoms with Crippen molar-refractivity contribution in [3.63, 3.8) is 0 Å². The summed E-state index contributed by atoms with van der Waals surface area (Å²) in [6, 6.07) is 5.74. The molecule has 2 rings (SSSR count). The van der Waals surface area contributed by atoms with E-state index in [1.54, 1.807) is 0 Å². The molecule has 0 aliphatic rings. The summed E-state index contributed by atoms with van der Waals surface area (Å²) in [7, 11) is 0. The molecule has 6 nitrogen and oxygen atoms in total. The third-order valence-corrected chi connectivity index (χ3v) is 2.66. The minimum Gasteiger partial charge on any atom is -0.398 e. The van der Waals surface area contributed by atoms with Crippen LogP contribution in [0.4, 0.5) is 25.8 Å². The number of amides is 1. The standard InChI is InChI=1S/C13H9F2N3O3/c14-7-1-3-9(10(16)5-7)13(19)17-11-6-8(15)2-4-12(11)18(20)21/h1-6H,16H2,(H,17,19). The van der Waals surface area contributed by atoms with Gasteiger partial charge >= 0.3 is 0 Å². The largest absolute Gasteiger partial charge is 0.398 e. The number of nitrogens with one attached hydrogen (secondary N) is 1. The van der Waals surface area contributed by atoms with Gasteiger partial charge in [0.15, 0.2) is 0 Å². The molecule has 8 heteroatoms. The van der Waals surface area contributed by atoms with Crippen molar-refractivity contribution in [1.82, 2.24) is 0 Å². The van der Waals surface area contributed by atoms with Gasteiger partial charge in [-0.25, -0.2) is 8.78 Å². The van der Waals surface area contributed by atoms with Crippen LogP contribution in [-0.4, -0.2) is 10.8 Å². The van der Waals surface area contributed by atoms with Crippen molar-refractivity contribution in [2.45, 2.75) is 0 Å². The fraction of sp³-hybridized carbons (Fsp3) is 0. The molecule has 108 valence electrons.